The molecule has 0 aliphatic rings. The molecule has 31 heavy (non-hydrogen) atoms. The Hall–Kier alpha value is -3.61. The summed E-state index contributed by atoms with van der Waals surface area (Å²) >= 11 is 0. The fraction of sp³-hybridized carbons (Fsp3) is 0.292. The fourth-order valence-corrected chi connectivity index (χ4v) is 3.51. The first-order valence-electron chi connectivity index (χ1n) is 10.3. The second-order valence-electron chi connectivity index (χ2n) is 7.11. The summed E-state index contributed by atoms with van der Waals surface area (Å²) < 4.78 is 6.86. The molecule has 1 N–H and O–H groups in total. The molecule has 0 bridgehead atoms. The SMILES string of the molecule is CCN(CC)C(=O)Cn1cc(C(=O)C(=O)NCc2ccc(OC)cc2)c2ccccc21. The standard InChI is InChI=1S/C24H27N3O4/c1-4-26(5-2)22(28)16-27-15-20(19-8-6-7-9-21(19)27)23(29)24(30)25-14-17-10-12-18(31-3)13-11-17/h6-13,15H,4-5,14,16H2,1-3H3,(H,25,30). The lowest BCUT2D eigenvalue weighted by molar-refractivity contribution is -0.131. The third-order valence-electron chi connectivity index (χ3n) is 5.27. The number of amides is 2. The van der Waals surface area contributed by atoms with Crippen LogP contribution in [0.1, 0.15) is 29.8 Å². The Morgan fingerprint density at radius 1 is 1.00 bits per heavy atom. The van der Waals surface area contributed by atoms with E-state index in [1.54, 1.807) is 41.0 Å². The number of aromatic nitrogens is 1. The van der Waals surface area contributed by atoms with Crippen molar-refractivity contribution in [3.63, 3.8) is 0 Å². The van der Waals surface area contributed by atoms with Gasteiger partial charge in [-0.05, 0) is 37.6 Å². The zero-order chi connectivity index (χ0) is 22.4. The van der Waals surface area contributed by atoms with Crippen LogP contribution in [-0.4, -0.2) is 47.3 Å². The van der Waals surface area contributed by atoms with E-state index in [4.69, 9.17) is 4.74 Å². The number of ether oxygens (including phenoxy) is 1. The largest absolute Gasteiger partial charge is 0.497 e. The van der Waals surface area contributed by atoms with Crippen molar-refractivity contribution in [2.75, 3.05) is 20.2 Å². The maximum atomic E-state index is 12.9. The number of benzene rings is 2. The number of likely N-dealkylation sites (N-methyl/N-ethyl adjacent to an activating group) is 1. The zero-order valence-electron chi connectivity index (χ0n) is 18.1. The second-order valence-corrected chi connectivity index (χ2v) is 7.11. The van der Waals surface area contributed by atoms with Crippen LogP contribution in [-0.2, 0) is 22.7 Å². The molecule has 0 unspecified atom stereocenters. The van der Waals surface area contributed by atoms with Gasteiger partial charge in [0.05, 0.1) is 12.7 Å². The number of nitrogens with one attached hydrogen (secondary N) is 1. The molecule has 0 aliphatic heterocycles. The van der Waals surface area contributed by atoms with E-state index in [1.165, 1.54) is 0 Å². The topological polar surface area (TPSA) is 80.6 Å². The van der Waals surface area contributed by atoms with Gasteiger partial charge in [0.15, 0.2) is 0 Å². The van der Waals surface area contributed by atoms with Crippen molar-refractivity contribution in [3.05, 3.63) is 65.9 Å². The Bertz CT molecular complexity index is 1080. The molecule has 0 atom stereocenters. The minimum absolute atomic E-state index is 0.0336. The van der Waals surface area contributed by atoms with Gasteiger partial charge in [0, 0.05) is 36.7 Å². The number of hydrogen-bond acceptors (Lipinski definition) is 4. The zero-order valence-corrected chi connectivity index (χ0v) is 18.1. The molecule has 0 fully saturated rings. The van der Waals surface area contributed by atoms with Crippen LogP contribution >= 0.6 is 0 Å². The number of hydrogen-bond donors (Lipinski definition) is 1. The summed E-state index contributed by atoms with van der Waals surface area (Å²) in [4.78, 5) is 39.7. The van der Waals surface area contributed by atoms with Gasteiger partial charge in [0.1, 0.15) is 12.3 Å². The molecule has 0 radical (unpaired) electrons. The summed E-state index contributed by atoms with van der Waals surface area (Å²) in [5.41, 5.74) is 1.89. The number of methoxy groups -OCH3 is 1. The second kappa shape index (κ2) is 9.93. The molecule has 7 heteroatoms. The number of carbonyl (C=O) groups excluding carboxylic acids is 3. The van der Waals surface area contributed by atoms with Crippen LogP contribution in [0.5, 0.6) is 5.75 Å². The molecule has 2 aromatic carbocycles. The lowest BCUT2D eigenvalue weighted by atomic mass is 10.1. The highest BCUT2D eigenvalue weighted by Gasteiger charge is 2.22. The Kier molecular flexibility index (Phi) is 7.07. The van der Waals surface area contributed by atoms with Crippen LogP contribution in [0.2, 0.25) is 0 Å². The van der Waals surface area contributed by atoms with Gasteiger partial charge in [-0.15, -0.1) is 0 Å². The van der Waals surface area contributed by atoms with Gasteiger partial charge >= 0.3 is 0 Å². The normalized spacial score (nSPS) is 10.7. The predicted molar refractivity (Wildman–Crippen MR) is 119 cm³/mol. The molecule has 3 aromatic rings. The van der Waals surface area contributed by atoms with Crippen LogP contribution in [0.4, 0.5) is 0 Å². The molecule has 162 valence electrons. The Morgan fingerprint density at radius 3 is 2.32 bits per heavy atom. The van der Waals surface area contributed by atoms with E-state index < -0.39 is 11.7 Å². The average Bonchev–Trinajstić information content (AvgIpc) is 3.16. The van der Waals surface area contributed by atoms with Crippen molar-refractivity contribution < 1.29 is 19.1 Å². The van der Waals surface area contributed by atoms with Gasteiger partial charge < -0.3 is 19.5 Å². The van der Waals surface area contributed by atoms with Crippen LogP contribution < -0.4 is 10.1 Å². The van der Waals surface area contributed by atoms with Gasteiger partial charge in [0.25, 0.3) is 11.7 Å². The molecule has 1 heterocycles. The molecule has 1 aromatic heterocycles. The number of Topliss-reactive ketones (excluding diaryl/α,β-unsaturated/α-hetero) is 1. The van der Waals surface area contributed by atoms with E-state index in [1.807, 2.05) is 44.2 Å². The van der Waals surface area contributed by atoms with Crippen molar-refractivity contribution in [3.8, 4) is 5.75 Å². The Morgan fingerprint density at radius 2 is 1.68 bits per heavy atom. The molecule has 0 aliphatic carbocycles. The molecule has 0 spiro atoms. The Balaban J connectivity index is 1.78. The molecule has 0 saturated carbocycles. The van der Waals surface area contributed by atoms with Crippen molar-refractivity contribution in [1.29, 1.82) is 0 Å². The lowest BCUT2D eigenvalue weighted by Crippen LogP contribution is -2.33. The number of fused-ring (bicyclic) bond motifs is 1. The van der Waals surface area contributed by atoms with E-state index in [9.17, 15) is 14.4 Å². The van der Waals surface area contributed by atoms with Crippen molar-refractivity contribution in [2.45, 2.75) is 26.9 Å². The highest BCUT2D eigenvalue weighted by Crippen LogP contribution is 2.22. The molecule has 0 saturated heterocycles. The van der Waals surface area contributed by atoms with E-state index in [-0.39, 0.29) is 24.6 Å². The van der Waals surface area contributed by atoms with Gasteiger partial charge in [-0.3, -0.25) is 14.4 Å². The summed E-state index contributed by atoms with van der Waals surface area (Å²) in [5, 5.41) is 3.32. The molecular weight excluding hydrogens is 394 g/mol. The minimum Gasteiger partial charge on any atom is -0.497 e. The number of nitrogens with zero attached hydrogens (tertiary/aromatic N) is 2. The first-order chi connectivity index (χ1) is 15.0. The van der Waals surface area contributed by atoms with E-state index >= 15 is 0 Å². The van der Waals surface area contributed by atoms with Crippen molar-refractivity contribution in [1.82, 2.24) is 14.8 Å². The average molecular weight is 421 g/mol. The number of rotatable bonds is 9. The van der Waals surface area contributed by atoms with Gasteiger partial charge in [-0.2, -0.15) is 0 Å². The Labute approximate surface area is 181 Å². The number of carbonyl (C=O) groups is 3. The minimum atomic E-state index is -0.686. The molecule has 7 nitrogen and oxygen atoms in total. The third-order valence-corrected chi connectivity index (χ3v) is 5.27. The quantitative estimate of drug-likeness (QED) is 0.425. The highest BCUT2D eigenvalue weighted by molar-refractivity contribution is 6.45. The maximum absolute atomic E-state index is 12.9. The fourth-order valence-electron chi connectivity index (χ4n) is 3.51. The maximum Gasteiger partial charge on any atom is 0.292 e. The van der Waals surface area contributed by atoms with E-state index in [0.717, 1.165) is 16.8 Å². The summed E-state index contributed by atoms with van der Waals surface area (Å²) in [5.74, 6) is -0.625. The highest BCUT2D eigenvalue weighted by atomic mass is 16.5. The van der Waals surface area contributed by atoms with Crippen molar-refractivity contribution in [2.24, 2.45) is 0 Å². The monoisotopic (exact) mass is 421 g/mol. The van der Waals surface area contributed by atoms with Crippen LogP contribution in [0.25, 0.3) is 10.9 Å². The molecule has 3 rings (SSSR count). The summed E-state index contributed by atoms with van der Waals surface area (Å²) in [6.45, 7) is 5.44. The van der Waals surface area contributed by atoms with E-state index in [0.29, 0.717) is 18.5 Å². The molecular formula is C24H27N3O4. The third kappa shape index (κ3) is 4.94. The van der Waals surface area contributed by atoms with E-state index in [2.05, 4.69) is 5.32 Å². The number of ketones is 1. The smallest absolute Gasteiger partial charge is 0.292 e. The van der Waals surface area contributed by atoms with Gasteiger partial charge in [0.2, 0.25) is 5.91 Å². The summed E-state index contributed by atoms with van der Waals surface area (Å²) in [6, 6.07) is 14.5. The lowest BCUT2D eigenvalue weighted by Gasteiger charge is -2.19. The summed E-state index contributed by atoms with van der Waals surface area (Å²) in [7, 11) is 1.58. The van der Waals surface area contributed by atoms with Gasteiger partial charge in [-0.1, -0.05) is 30.3 Å². The summed E-state index contributed by atoms with van der Waals surface area (Å²) in [6.07, 6.45) is 1.60. The van der Waals surface area contributed by atoms with Crippen LogP contribution in [0.3, 0.4) is 0 Å². The first-order valence-corrected chi connectivity index (χ1v) is 10.3. The van der Waals surface area contributed by atoms with Crippen LogP contribution in [0.15, 0.2) is 54.7 Å². The number of para-hydroxylation sites is 1. The van der Waals surface area contributed by atoms with Crippen molar-refractivity contribution >= 4 is 28.5 Å². The first kappa shape index (κ1) is 22.1. The van der Waals surface area contributed by atoms with Gasteiger partial charge in [-0.25, -0.2) is 0 Å². The predicted octanol–water partition coefficient (Wildman–Crippen LogP) is 3.02. The van der Waals surface area contributed by atoms with Crippen LogP contribution in [0, 0.1) is 0 Å². The molecule has 2 amide bonds.